The number of nitrogens with zero attached hydrogens (tertiary/aromatic N) is 4. The maximum absolute atomic E-state index is 14.5. The van der Waals surface area contributed by atoms with Gasteiger partial charge in [-0.15, -0.1) is 0 Å². The molecule has 3 aliphatic heterocycles. The second-order valence-electron chi connectivity index (χ2n) is 11.8. The summed E-state index contributed by atoms with van der Waals surface area (Å²) in [6, 6.07) is 5.48. The molecule has 2 amide bonds. The highest BCUT2D eigenvalue weighted by Crippen LogP contribution is 2.35. The molecule has 1 aromatic carbocycles. The first kappa shape index (κ1) is 30.3. The standard InChI is InChI=1S/C30H40F2N6O4/c1-17-11-36(24(10-34-17)12-37-18(2)14-41-15-19(37)3)13-27(39)38-20(4)16-42-30-26(38)8-22(28(35-30)29(33)40)7-21-5-6-23(31)9-25(21)32/h5-6,8-9,17-20,24,34H,7,10-16H2,1-4H3,(H2,33,40)/t17-,18-,19-,20+,24-/m1/s1. The van der Waals surface area contributed by atoms with E-state index in [9.17, 15) is 18.4 Å². The summed E-state index contributed by atoms with van der Waals surface area (Å²) in [6.45, 7) is 12.4. The van der Waals surface area contributed by atoms with Crippen LogP contribution in [0.2, 0.25) is 0 Å². The molecule has 2 fully saturated rings. The molecule has 228 valence electrons. The molecule has 2 aromatic rings. The van der Waals surface area contributed by atoms with Gasteiger partial charge in [0.25, 0.3) is 5.91 Å². The van der Waals surface area contributed by atoms with Crippen LogP contribution in [0.4, 0.5) is 14.5 Å². The molecule has 0 aliphatic carbocycles. The van der Waals surface area contributed by atoms with Crippen LogP contribution in [0.15, 0.2) is 24.3 Å². The molecule has 4 heterocycles. The van der Waals surface area contributed by atoms with Crippen LogP contribution in [0, 0.1) is 11.6 Å². The number of rotatable bonds is 7. The van der Waals surface area contributed by atoms with Crippen molar-refractivity contribution in [3.63, 3.8) is 0 Å². The van der Waals surface area contributed by atoms with Crippen LogP contribution in [0.25, 0.3) is 0 Å². The van der Waals surface area contributed by atoms with Crippen molar-refractivity contribution in [3.8, 4) is 5.88 Å². The number of halogens is 2. The number of piperazine rings is 1. The normalized spacial score (nSPS) is 26.9. The number of fused-ring (bicyclic) bond motifs is 1. The van der Waals surface area contributed by atoms with Gasteiger partial charge >= 0.3 is 0 Å². The Morgan fingerprint density at radius 1 is 1.05 bits per heavy atom. The highest BCUT2D eigenvalue weighted by atomic mass is 19.1. The quantitative estimate of drug-likeness (QED) is 0.506. The first-order chi connectivity index (χ1) is 20.0. The Kier molecular flexibility index (Phi) is 9.07. The van der Waals surface area contributed by atoms with E-state index in [0.717, 1.165) is 25.2 Å². The molecule has 3 aliphatic rings. The fraction of sp³-hybridized carbons (Fsp3) is 0.567. The summed E-state index contributed by atoms with van der Waals surface area (Å²) in [5.74, 6) is -2.25. The van der Waals surface area contributed by atoms with Gasteiger partial charge in [-0.05, 0) is 51.0 Å². The lowest BCUT2D eigenvalue weighted by Gasteiger charge is -2.46. The number of morpholine rings is 1. The number of nitrogens with two attached hydrogens (primary N) is 1. The van der Waals surface area contributed by atoms with Gasteiger partial charge in [0.05, 0.1) is 25.8 Å². The Labute approximate surface area is 245 Å². The summed E-state index contributed by atoms with van der Waals surface area (Å²) in [6.07, 6.45) is -0.0611. The number of anilines is 1. The van der Waals surface area contributed by atoms with Crippen LogP contribution >= 0.6 is 0 Å². The lowest BCUT2D eigenvalue weighted by molar-refractivity contribution is -0.122. The smallest absolute Gasteiger partial charge is 0.267 e. The summed E-state index contributed by atoms with van der Waals surface area (Å²) >= 11 is 0. The van der Waals surface area contributed by atoms with Gasteiger partial charge in [-0.1, -0.05) is 6.07 Å². The van der Waals surface area contributed by atoms with E-state index in [-0.39, 0.29) is 72.8 Å². The topological polar surface area (TPSA) is 113 Å². The van der Waals surface area contributed by atoms with Crippen LogP contribution in [0.1, 0.15) is 49.3 Å². The third-order valence-corrected chi connectivity index (χ3v) is 8.44. The van der Waals surface area contributed by atoms with Gasteiger partial charge in [-0.25, -0.2) is 13.8 Å². The molecule has 1 aromatic heterocycles. The highest BCUT2D eigenvalue weighted by molar-refractivity contribution is 5.98. The summed E-state index contributed by atoms with van der Waals surface area (Å²) in [5.41, 5.74) is 6.44. The first-order valence-corrected chi connectivity index (χ1v) is 14.5. The Hall–Kier alpha value is -3.19. The zero-order valence-corrected chi connectivity index (χ0v) is 24.6. The minimum Gasteiger partial charge on any atom is -0.474 e. The van der Waals surface area contributed by atoms with Crippen LogP contribution < -0.4 is 20.7 Å². The molecular formula is C30H40F2N6O4. The van der Waals surface area contributed by atoms with Crippen molar-refractivity contribution in [2.45, 2.75) is 64.3 Å². The molecular weight excluding hydrogens is 546 g/mol. The Balaban J connectivity index is 1.42. The first-order valence-electron chi connectivity index (χ1n) is 14.5. The van der Waals surface area contributed by atoms with Gasteiger partial charge in [-0.3, -0.25) is 19.4 Å². The number of aromatic nitrogens is 1. The number of amides is 2. The molecule has 5 rings (SSSR count). The van der Waals surface area contributed by atoms with Crippen molar-refractivity contribution in [2.24, 2.45) is 5.73 Å². The fourth-order valence-corrected chi connectivity index (χ4v) is 6.21. The van der Waals surface area contributed by atoms with Crippen LogP contribution in [0.3, 0.4) is 0 Å². The van der Waals surface area contributed by atoms with E-state index in [1.165, 1.54) is 6.07 Å². The van der Waals surface area contributed by atoms with Crippen LogP contribution in [0.5, 0.6) is 5.88 Å². The molecule has 0 saturated carbocycles. The monoisotopic (exact) mass is 586 g/mol. The Bertz CT molecular complexity index is 1320. The van der Waals surface area contributed by atoms with Crippen molar-refractivity contribution < 1.29 is 27.8 Å². The number of hydrogen-bond acceptors (Lipinski definition) is 8. The predicted molar refractivity (Wildman–Crippen MR) is 154 cm³/mol. The number of benzene rings is 1. The second kappa shape index (κ2) is 12.6. The van der Waals surface area contributed by atoms with Crippen LogP contribution in [-0.4, -0.2) is 103 Å². The number of ether oxygens (including phenoxy) is 2. The lowest BCUT2D eigenvalue weighted by Crippen LogP contribution is -2.63. The van der Waals surface area contributed by atoms with Gasteiger partial charge < -0.3 is 25.4 Å². The second-order valence-corrected chi connectivity index (χ2v) is 11.8. The minimum atomic E-state index is -0.806. The molecule has 2 saturated heterocycles. The number of hydrogen-bond donors (Lipinski definition) is 2. The van der Waals surface area contributed by atoms with Crippen molar-refractivity contribution in [1.82, 2.24) is 20.1 Å². The summed E-state index contributed by atoms with van der Waals surface area (Å²) in [5, 5.41) is 3.56. The van der Waals surface area contributed by atoms with Crippen molar-refractivity contribution in [3.05, 3.63) is 52.7 Å². The largest absolute Gasteiger partial charge is 0.474 e. The highest BCUT2D eigenvalue weighted by Gasteiger charge is 2.37. The lowest BCUT2D eigenvalue weighted by atomic mass is 10.0. The molecule has 0 radical (unpaired) electrons. The number of carbonyl (C=O) groups is 2. The zero-order chi connectivity index (χ0) is 30.1. The van der Waals surface area contributed by atoms with E-state index in [2.05, 4.69) is 40.9 Å². The third kappa shape index (κ3) is 6.41. The van der Waals surface area contributed by atoms with E-state index in [0.29, 0.717) is 31.0 Å². The third-order valence-electron chi connectivity index (χ3n) is 8.44. The molecule has 0 spiro atoms. The molecule has 0 bridgehead atoms. The molecule has 42 heavy (non-hydrogen) atoms. The summed E-state index contributed by atoms with van der Waals surface area (Å²) in [7, 11) is 0. The number of pyridine rings is 1. The molecule has 3 N–H and O–H groups in total. The van der Waals surface area contributed by atoms with Gasteiger partial charge in [0.2, 0.25) is 11.8 Å². The fourth-order valence-electron chi connectivity index (χ4n) is 6.21. The molecule has 0 unspecified atom stereocenters. The van der Waals surface area contributed by atoms with E-state index in [4.69, 9.17) is 15.2 Å². The van der Waals surface area contributed by atoms with E-state index in [1.54, 1.807) is 11.0 Å². The minimum absolute atomic E-state index is 0.0611. The molecule has 10 nitrogen and oxygen atoms in total. The average molecular weight is 587 g/mol. The molecule has 12 heteroatoms. The van der Waals surface area contributed by atoms with E-state index < -0.39 is 17.5 Å². The Morgan fingerprint density at radius 2 is 1.79 bits per heavy atom. The summed E-state index contributed by atoms with van der Waals surface area (Å²) in [4.78, 5) is 37.1. The van der Waals surface area contributed by atoms with Crippen molar-refractivity contribution >= 4 is 17.5 Å². The predicted octanol–water partition coefficient (Wildman–Crippen LogP) is 1.93. The molecule has 5 atom stereocenters. The van der Waals surface area contributed by atoms with Crippen molar-refractivity contribution in [2.75, 3.05) is 50.9 Å². The van der Waals surface area contributed by atoms with Gasteiger partial charge in [0, 0.05) is 56.3 Å². The average Bonchev–Trinajstić information content (AvgIpc) is 2.93. The van der Waals surface area contributed by atoms with E-state index in [1.807, 2.05) is 6.92 Å². The van der Waals surface area contributed by atoms with Crippen LogP contribution in [-0.2, 0) is 16.0 Å². The number of primary amides is 1. The Morgan fingerprint density at radius 3 is 2.48 bits per heavy atom. The zero-order valence-electron chi connectivity index (χ0n) is 24.6. The van der Waals surface area contributed by atoms with Crippen molar-refractivity contribution in [1.29, 1.82) is 0 Å². The van der Waals surface area contributed by atoms with Gasteiger partial charge in [0.15, 0.2) is 0 Å². The maximum atomic E-state index is 14.5. The number of carbonyl (C=O) groups excluding carboxylic acids is 2. The van der Waals surface area contributed by atoms with Gasteiger partial charge in [0.1, 0.15) is 29.6 Å². The maximum Gasteiger partial charge on any atom is 0.267 e. The van der Waals surface area contributed by atoms with Gasteiger partial charge in [-0.2, -0.15) is 0 Å². The van der Waals surface area contributed by atoms with E-state index >= 15 is 0 Å². The number of nitrogens with one attached hydrogen (secondary N) is 1. The SMILES string of the molecule is C[C@@H]1CN(CC(=O)N2c3cc(Cc4ccc(F)cc4F)c(C(N)=O)nc3OC[C@@H]2C)[C@@H](CN2[C@H](C)COC[C@H]2C)CN1. The summed E-state index contributed by atoms with van der Waals surface area (Å²) < 4.78 is 39.6.